The van der Waals surface area contributed by atoms with Crippen LogP contribution in [-0.4, -0.2) is 34.8 Å². The Hall–Kier alpha value is -3.51. The molecule has 1 aromatic heterocycles. The number of pyridine rings is 1. The fraction of sp³-hybridized carbons (Fsp3) is 0.441. The number of aromatic nitrogens is 1. The van der Waals surface area contributed by atoms with E-state index in [1.54, 1.807) is 0 Å². The summed E-state index contributed by atoms with van der Waals surface area (Å²) in [5.41, 5.74) is 11.1. The van der Waals surface area contributed by atoms with Crippen LogP contribution in [0.1, 0.15) is 70.8 Å². The van der Waals surface area contributed by atoms with Crippen LogP contribution in [-0.2, 0) is 15.1 Å². The Morgan fingerprint density at radius 1 is 0.925 bits per heavy atom. The molecule has 0 bridgehead atoms. The lowest BCUT2D eigenvalue weighted by molar-refractivity contribution is -0.139. The standard InChI is InChI=1S/C34H42N4O2/c1-34(2,35)27-16-14-25(15-17-27)30-22-36-31(21-29(30)24-8-5-4-6-9-24)37-32(39)20-23-12-18-28(19-13-23)38(3)33(40)26-10-7-11-26/h4-6,8-9,14-17,21-23,26,28H,7,10-13,18-20,35H2,1-3H3,(H,36,37,39). The minimum absolute atomic E-state index is 0.00357. The number of hydrogen-bond acceptors (Lipinski definition) is 4. The van der Waals surface area contributed by atoms with Crippen molar-refractivity contribution in [1.82, 2.24) is 9.88 Å². The average molecular weight is 539 g/mol. The molecule has 2 amide bonds. The summed E-state index contributed by atoms with van der Waals surface area (Å²) in [6.45, 7) is 4.00. The fourth-order valence-electron chi connectivity index (χ4n) is 6.01. The van der Waals surface area contributed by atoms with Gasteiger partial charge in [0.25, 0.3) is 0 Å². The first kappa shape index (κ1) is 28.0. The van der Waals surface area contributed by atoms with Crippen molar-refractivity contribution in [3.8, 4) is 22.3 Å². The van der Waals surface area contributed by atoms with Gasteiger partial charge >= 0.3 is 0 Å². The van der Waals surface area contributed by atoms with Crippen molar-refractivity contribution < 1.29 is 9.59 Å². The van der Waals surface area contributed by atoms with Gasteiger partial charge in [0.1, 0.15) is 5.82 Å². The number of rotatable bonds is 8. The first-order valence-corrected chi connectivity index (χ1v) is 14.7. The predicted molar refractivity (Wildman–Crippen MR) is 161 cm³/mol. The molecule has 2 aliphatic carbocycles. The number of amides is 2. The summed E-state index contributed by atoms with van der Waals surface area (Å²) in [4.78, 5) is 32.3. The molecule has 1 heterocycles. The van der Waals surface area contributed by atoms with Gasteiger partial charge in [0.05, 0.1) is 0 Å². The van der Waals surface area contributed by atoms with Gasteiger partial charge in [-0.3, -0.25) is 9.59 Å². The molecular formula is C34H42N4O2. The van der Waals surface area contributed by atoms with Gasteiger partial charge in [-0.2, -0.15) is 0 Å². The van der Waals surface area contributed by atoms with E-state index in [0.29, 0.717) is 30.1 Å². The largest absolute Gasteiger partial charge is 0.343 e. The average Bonchev–Trinajstić information content (AvgIpc) is 2.92. The first-order chi connectivity index (χ1) is 19.2. The second-order valence-electron chi connectivity index (χ2n) is 12.3. The summed E-state index contributed by atoms with van der Waals surface area (Å²) in [5, 5.41) is 3.06. The molecule has 6 nitrogen and oxygen atoms in total. The molecule has 2 aromatic carbocycles. The number of nitrogens with one attached hydrogen (secondary N) is 1. The van der Waals surface area contributed by atoms with E-state index in [1.807, 2.05) is 56.3 Å². The van der Waals surface area contributed by atoms with E-state index >= 15 is 0 Å². The van der Waals surface area contributed by atoms with Gasteiger partial charge in [-0.15, -0.1) is 0 Å². The van der Waals surface area contributed by atoms with E-state index in [0.717, 1.165) is 66.3 Å². The van der Waals surface area contributed by atoms with Crippen molar-refractivity contribution in [3.05, 3.63) is 72.4 Å². The molecule has 40 heavy (non-hydrogen) atoms. The smallest absolute Gasteiger partial charge is 0.225 e. The molecule has 0 radical (unpaired) electrons. The van der Waals surface area contributed by atoms with Crippen LogP contribution < -0.4 is 11.1 Å². The molecule has 2 saturated carbocycles. The molecule has 0 unspecified atom stereocenters. The highest BCUT2D eigenvalue weighted by Gasteiger charge is 2.33. The maximum atomic E-state index is 13.0. The van der Waals surface area contributed by atoms with Crippen molar-refractivity contribution in [2.24, 2.45) is 17.6 Å². The van der Waals surface area contributed by atoms with Gasteiger partial charge in [-0.25, -0.2) is 4.98 Å². The summed E-state index contributed by atoms with van der Waals surface area (Å²) >= 11 is 0. The van der Waals surface area contributed by atoms with E-state index in [4.69, 9.17) is 5.73 Å². The Balaban J connectivity index is 1.25. The number of anilines is 1. The van der Waals surface area contributed by atoms with Crippen LogP contribution in [0.2, 0.25) is 0 Å². The molecule has 0 saturated heterocycles. The quantitative estimate of drug-likeness (QED) is 0.332. The summed E-state index contributed by atoms with van der Waals surface area (Å²) in [6.07, 6.45) is 9.47. The maximum Gasteiger partial charge on any atom is 0.225 e. The van der Waals surface area contributed by atoms with Crippen LogP contribution >= 0.6 is 0 Å². The van der Waals surface area contributed by atoms with Crippen LogP contribution in [0.5, 0.6) is 0 Å². The molecule has 0 spiro atoms. The highest BCUT2D eigenvalue weighted by Crippen LogP contribution is 2.35. The zero-order valence-electron chi connectivity index (χ0n) is 24.0. The molecule has 2 aliphatic rings. The van der Waals surface area contributed by atoms with Crippen molar-refractivity contribution in [3.63, 3.8) is 0 Å². The van der Waals surface area contributed by atoms with E-state index in [2.05, 4.69) is 46.7 Å². The molecule has 3 aromatic rings. The Morgan fingerprint density at radius 2 is 1.57 bits per heavy atom. The predicted octanol–water partition coefficient (Wildman–Crippen LogP) is 6.76. The highest BCUT2D eigenvalue weighted by atomic mass is 16.2. The molecule has 0 aliphatic heterocycles. The van der Waals surface area contributed by atoms with Gasteiger partial charge in [0, 0.05) is 42.7 Å². The van der Waals surface area contributed by atoms with E-state index in [-0.39, 0.29) is 11.8 Å². The van der Waals surface area contributed by atoms with Gasteiger partial charge in [0.2, 0.25) is 11.8 Å². The number of benzene rings is 2. The summed E-state index contributed by atoms with van der Waals surface area (Å²) < 4.78 is 0. The summed E-state index contributed by atoms with van der Waals surface area (Å²) in [6, 6.07) is 20.8. The Bertz CT molecular complexity index is 1320. The second kappa shape index (κ2) is 11.9. The Labute approximate surface area is 238 Å². The van der Waals surface area contributed by atoms with Crippen LogP contribution in [0.3, 0.4) is 0 Å². The van der Waals surface area contributed by atoms with E-state index in [9.17, 15) is 9.59 Å². The third kappa shape index (κ3) is 6.44. The van der Waals surface area contributed by atoms with Gasteiger partial charge in [0.15, 0.2) is 0 Å². The van der Waals surface area contributed by atoms with Crippen LogP contribution in [0.25, 0.3) is 22.3 Å². The number of nitrogens with two attached hydrogens (primary N) is 1. The van der Waals surface area contributed by atoms with Crippen molar-refractivity contribution in [1.29, 1.82) is 0 Å². The maximum absolute atomic E-state index is 13.0. The highest BCUT2D eigenvalue weighted by molar-refractivity contribution is 5.92. The third-order valence-electron chi connectivity index (χ3n) is 8.84. The third-order valence-corrected chi connectivity index (χ3v) is 8.84. The number of nitrogens with zero attached hydrogens (tertiary/aromatic N) is 2. The van der Waals surface area contributed by atoms with Crippen molar-refractivity contribution in [2.45, 2.75) is 76.8 Å². The second-order valence-corrected chi connectivity index (χ2v) is 12.3. The molecule has 5 rings (SSSR count). The van der Waals surface area contributed by atoms with E-state index in [1.165, 1.54) is 6.42 Å². The van der Waals surface area contributed by atoms with Crippen molar-refractivity contribution >= 4 is 17.6 Å². The first-order valence-electron chi connectivity index (χ1n) is 14.7. The van der Waals surface area contributed by atoms with Crippen LogP contribution in [0.4, 0.5) is 5.82 Å². The van der Waals surface area contributed by atoms with E-state index < -0.39 is 5.54 Å². The minimum atomic E-state index is -0.407. The normalized spacial score (nSPS) is 19.5. The van der Waals surface area contributed by atoms with Gasteiger partial charge in [-0.1, -0.05) is 61.0 Å². The Morgan fingerprint density at radius 3 is 2.17 bits per heavy atom. The minimum Gasteiger partial charge on any atom is -0.343 e. The lowest BCUT2D eigenvalue weighted by atomic mass is 9.81. The van der Waals surface area contributed by atoms with Gasteiger partial charge in [-0.05, 0) is 86.6 Å². The molecular weight excluding hydrogens is 496 g/mol. The molecule has 6 heteroatoms. The number of hydrogen-bond donors (Lipinski definition) is 2. The SMILES string of the molecule is CN(C(=O)C1CCC1)C1CCC(CC(=O)Nc2cc(-c3ccccc3)c(-c3ccc(C(C)(C)N)cc3)cn2)CC1. The molecule has 3 N–H and O–H groups in total. The van der Waals surface area contributed by atoms with Crippen molar-refractivity contribution in [2.75, 3.05) is 12.4 Å². The zero-order valence-corrected chi connectivity index (χ0v) is 24.0. The topological polar surface area (TPSA) is 88.3 Å². The molecule has 210 valence electrons. The summed E-state index contributed by atoms with van der Waals surface area (Å²) in [5.74, 6) is 1.45. The van der Waals surface area contributed by atoms with Crippen LogP contribution in [0, 0.1) is 11.8 Å². The lowest BCUT2D eigenvalue weighted by Gasteiger charge is -2.38. The Kier molecular flexibility index (Phi) is 8.36. The van der Waals surface area contributed by atoms with Crippen LogP contribution in [0.15, 0.2) is 66.9 Å². The number of carbonyl (C=O) groups excluding carboxylic acids is 2. The number of carbonyl (C=O) groups is 2. The molecule has 2 fully saturated rings. The van der Waals surface area contributed by atoms with Gasteiger partial charge < -0.3 is 16.0 Å². The molecule has 0 atom stereocenters. The fourth-order valence-corrected chi connectivity index (χ4v) is 6.01. The monoisotopic (exact) mass is 538 g/mol. The lowest BCUT2D eigenvalue weighted by Crippen LogP contribution is -2.44. The zero-order chi connectivity index (χ0) is 28.3. The summed E-state index contributed by atoms with van der Waals surface area (Å²) in [7, 11) is 1.96.